The van der Waals surface area contributed by atoms with Gasteiger partial charge in [-0.2, -0.15) is 0 Å². The molecule has 0 heterocycles. The summed E-state index contributed by atoms with van der Waals surface area (Å²) in [5.41, 5.74) is 10.6. The van der Waals surface area contributed by atoms with Crippen LogP contribution in [0.5, 0.6) is 5.75 Å². The number of aliphatic imine (C=N–C) groups is 1. The first-order valence-corrected chi connectivity index (χ1v) is 7.59. The van der Waals surface area contributed by atoms with Crippen molar-refractivity contribution in [2.75, 3.05) is 5.32 Å². The number of aryl methyl sites for hydroxylation is 2. The summed E-state index contributed by atoms with van der Waals surface area (Å²) in [4.78, 5) is 4.37. The molecule has 0 bridgehead atoms. The predicted molar refractivity (Wildman–Crippen MR) is 92.3 cm³/mol. The van der Waals surface area contributed by atoms with Crippen LogP contribution < -0.4 is 11.1 Å². The van der Waals surface area contributed by atoms with Gasteiger partial charge < -0.3 is 16.2 Å². The van der Waals surface area contributed by atoms with Gasteiger partial charge in [0.25, 0.3) is 0 Å². The van der Waals surface area contributed by atoms with Gasteiger partial charge in [-0.25, -0.2) is 4.99 Å². The van der Waals surface area contributed by atoms with Crippen LogP contribution in [-0.4, -0.2) is 11.1 Å². The quantitative estimate of drug-likeness (QED) is 0.585. The minimum atomic E-state index is 0.253. The molecule has 0 aliphatic rings. The fourth-order valence-corrected chi connectivity index (χ4v) is 2.35. The smallest absolute Gasteiger partial charge is 0.193 e. The van der Waals surface area contributed by atoms with Gasteiger partial charge in [0.1, 0.15) is 5.75 Å². The Morgan fingerprint density at radius 3 is 2.18 bits per heavy atom. The molecule has 0 fully saturated rings. The molecule has 2 rings (SSSR count). The minimum Gasteiger partial charge on any atom is -0.508 e. The van der Waals surface area contributed by atoms with E-state index in [0.29, 0.717) is 12.5 Å². The van der Waals surface area contributed by atoms with E-state index in [1.54, 1.807) is 12.1 Å². The summed E-state index contributed by atoms with van der Waals surface area (Å²) in [6.45, 7) is 4.74. The van der Waals surface area contributed by atoms with Gasteiger partial charge in [-0.3, -0.25) is 0 Å². The monoisotopic (exact) mass is 297 g/mol. The van der Waals surface area contributed by atoms with Gasteiger partial charge in [-0.05, 0) is 41.7 Å². The highest BCUT2D eigenvalue weighted by atomic mass is 16.3. The van der Waals surface area contributed by atoms with Crippen LogP contribution in [0.1, 0.15) is 30.5 Å². The lowest BCUT2D eigenvalue weighted by atomic mass is 10.0. The van der Waals surface area contributed by atoms with E-state index in [0.717, 1.165) is 24.1 Å². The summed E-state index contributed by atoms with van der Waals surface area (Å²) in [6.07, 6.45) is 1.89. The maximum Gasteiger partial charge on any atom is 0.193 e. The largest absolute Gasteiger partial charge is 0.508 e. The topological polar surface area (TPSA) is 70.6 Å². The van der Waals surface area contributed by atoms with Crippen LogP contribution in [-0.2, 0) is 19.4 Å². The molecule has 0 saturated carbocycles. The third-order valence-corrected chi connectivity index (χ3v) is 3.62. The van der Waals surface area contributed by atoms with Gasteiger partial charge in [0, 0.05) is 5.69 Å². The Labute approximate surface area is 131 Å². The Morgan fingerprint density at radius 1 is 1.05 bits per heavy atom. The second kappa shape index (κ2) is 7.50. The lowest BCUT2D eigenvalue weighted by molar-refractivity contribution is 0.475. The number of aromatic hydroxyl groups is 1. The number of guanidine groups is 1. The maximum atomic E-state index is 9.27. The standard InChI is InChI=1S/C18H23N3O/c1-3-14-6-5-7-15(4-2)17(14)21-18(19)20-12-13-8-10-16(22)11-9-13/h5-11,22H,3-4,12H2,1-2H3,(H3,19,20,21). The molecule has 0 aliphatic carbocycles. The molecule has 0 radical (unpaired) electrons. The zero-order valence-corrected chi connectivity index (χ0v) is 13.1. The summed E-state index contributed by atoms with van der Waals surface area (Å²) in [5.74, 6) is 0.659. The molecule has 2 aromatic rings. The molecule has 0 spiro atoms. The fraction of sp³-hybridized carbons (Fsp3) is 0.278. The van der Waals surface area contributed by atoms with Gasteiger partial charge in [0.2, 0.25) is 0 Å². The van der Waals surface area contributed by atoms with E-state index in [1.807, 2.05) is 12.1 Å². The maximum absolute atomic E-state index is 9.27. The zero-order valence-electron chi connectivity index (χ0n) is 13.1. The van der Waals surface area contributed by atoms with Crippen molar-refractivity contribution in [1.82, 2.24) is 0 Å². The Balaban J connectivity index is 2.12. The highest BCUT2D eigenvalue weighted by Crippen LogP contribution is 2.22. The van der Waals surface area contributed by atoms with E-state index < -0.39 is 0 Å². The first-order chi connectivity index (χ1) is 10.6. The number of hydrogen-bond acceptors (Lipinski definition) is 2. The number of phenols is 1. The van der Waals surface area contributed by atoms with E-state index in [4.69, 9.17) is 5.73 Å². The third kappa shape index (κ3) is 4.01. The molecule has 0 aromatic heterocycles. The van der Waals surface area contributed by atoms with Crippen molar-refractivity contribution < 1.29 is 5.11 Å². The second-order valence-electron chi connectivity index (χ2n) is 5.15. The molecule has 4 N–H and O–H groups in total. The van der Waals surface area contributed by atoms with Crippen LogP contribution in [0.25, 0.3) is 0 Å². The van der Waals surface area contributed by atoms with Gasteiger partial charge in [0.05, 0.1) is 6.54 Å². The van der Waals surface area contributed by atoms with E-state index in [2.05, 4.69) is 42.4 Å². The first kappa shape index (κ1) is 15.9. The van der Waals surface area contributed by atoms with Crippen LogP contribution >= 0.6 is 0 Å². The molecule has 4 heteroatoms. The van der Waals surface area contributed by atoms with Crippen molar-refractivity contribution in [3.05, 3.63) is 59.2 Å². The minimum absolute atomic E-state index is 0.253. The van der Waals surface area contributed by atoms with Gasteiger partial charge >= 0.3 is 0 Å². The van der Waals surface area contributed by atoms with E-state index in [9.17, 15) is 5.11 Å². The summed E-state index contributed by atoms with van der Waals surface area (Å²) in [6, 6.07) is 13.3. The Hall–Kier alpha value is -2.49. The number of benzene rings is 2. The Kier molecular flexibility index (Phi) is 5.42. The zero-order chi connectivity index (χ0) is 15.9. The SMILES string of the molecule is CCc1cccc(CC)c1NC(N)=NCc1ccc(O)cc1. The average molecular weight is 297 g/mol. The van der Waals surface area contributed by atoms with E-state index in [-0.39, 0.29) is 5.75 Å². The second-order valence-corrected chi connectivity index (χ2v) is 5.15. The lowest BCUT2D eigenvalue weighted by Crippen LogP contribution is -2.24. The molecule has 2 aromatic carbocycles. The number of nitrogens with zero attached hydrogens (tertiary/aromatic N) is 1. The third-order valence-electron chi connectivity index (χ3n) is 3.62. The predicted octanol–water partition coefficient (Wildman–Crippen LogP) is 3.44. The highest BCUT2D eigenvalue weighted by molar-refractivity contribution is 5.93. The fourth-order valence-electron chi connectivity index (χ4n) is 2.35. The van der Waals surface area contributed by atoms with Crippen molar-refractivity contribution >= 4 is 11.6 Å². The number of rotatable bonds is 5. The molecular weight excluding hydrogens is 274 g/mol. The van der Waals surface area contributed by atoms with Gasteiger partial charge in [-0.1, -0.05) is 44.2 Å². The number of anilines is 1. The van der Waals surface area contributed by atoms with Crippen molar-refractivity contribution in [1.29, 1.82) is 0 Å². The van der Waals surface area contributed by atoms with Crippen LogP contribution in [0.15, 0.2) is 47.5 Å². The normalized spacial score (nSPS) is 11.5. The molecule has 0 atom stereocenters. The molecule has 0 unspecified atom stereocenters. The molecule has 0 aliphatic heterocycles. The van der Waals surface area contributed by atoms with Crippen molar-refractivity contribution in [2.24, 2.45) is 10.7 Å². The lowest BCUT2D eigenvalue weighted by Gasteiger charge is -2.14. The van der Waals surface area contributed by atoms with E-state index >= 15 is 0 Å². The Bertz CT molecular complexity index is 626. The number of nitrogens with one attached hydrogen (secondary N) is 1. The highest BCUT2D eigenvalue weighted by Gasteiger charge is 2.06. The van der Waals surface area contributed by atoms with Gasteiger partial charge in [-0.15, -0.1) is 0 Å². The number of phenolic OH excluding ortho intramolecular Hbond substituents is 1. The van der Waals surface area contributed by atoms with Crippen LogP contribution in [0.3, 0.4) is 0 Å². The number of para-hydroxylation sites is 1. The summed E-state index contributed by atoms with van der Waals surface area (Å²) >= 11 is 0. The number of hydrogen-bond donors (Lipinski definition) is 3. The first-order valence-electron chi connectivity index (χ1n) is 7.59. The van der Waals surface area contributed by atoms with Crippen molar-refractivity contribution in [3.8, 4) is 5.75 Å². The van der Waals surface area contributed by atoms with Gasteiger partial charge in [0.15, 0.2) is 5.96 Å². The van der Waals surface area contributed by atoms with E-state index in [1.165, 1.54) is 11.1 Å². The average Bonchev–Trinajstić information content (AvgIpc) is 2.54. The van der Waals surface area contributed by atoms with Crippen LogP contribution in [0.2, 0.25) is 0 Å². The van der Waals surface area contributed by atoms with Crippen molar-refractivity contribution in [2.45, 2.75) is 33.2 Å². The number of nitrogens with two attached hydrogens (primary N) is 1. The van der Waals surface area contributed by atoms with Crippen molar-refractivity contribution in [3.63, 3.8) is 0 Å². The summed E-state index contributed by atoms with van der Waals surface area (Å²) in [7, 11) is 0. The molecular formula is C18H23N3O. The Morgan fingerprint density at radius 2 is 1.64 bits per heavy atom. The molecule has 116 valence electrons. The van der Waals surface area contributed by atoms with Crippen LogP contribution in [0, 0.1) is 0 Å². The van der Waals surface area contributed by atoms with Crippen LogP contribution in [0.4, 0.5) is 5.69 Å². The molecule has 22 heavy (non-hydrogen) atoms. The molecule has 4 nitrogen and oxygen atoms in total. The summed E-state index contributed by atoms with van der Waals surface area (Å²) in [5, 5.41) is 12.5. The summed E-state index contributed by atoms with van der Waals surface area (Å²) < 4.78 is 0. The molecule has 0 amide bonds. The molecule has 0 saturated heterocycles.